The Morgan fingerprint density at radius 3 is 2.46 bits per heavy atom. The van der Waals surface area contributed by atoms with Gasteiger partial charge >= 0.3 is 0 Å². The minimum absolute atomic E-state index is 0.0279. The van der Waals surface area contributed by atoms with E-state index in [1.165, 1.54) is 0 Å². The van der Waals surface area contributed by atoms with Crippen molar-refractivity contribution in [2.45, 2.75) is 41.5 Å². The topological polar surface area (TPSA) is 42.7 Å². The molecule has 1 aromatic carbocycles. The van der Waals surface area contributed by atoms with E-state index in [4.69, 9.17) is 9.15 Å². The highest BCUT2D eigenvalue weighted by Crippen LogP contribution is 2.35. The number of allylic oxidation sites excluding steroid dienone is 1. The Morgan fingerprint density at radius 1 is 1.21 bits per heavy atom. The van der Waals surface area contributed by atoms with Crippen LogP contribution in [0, 0.1) is 13.8 Å². The lowest BCUT2D eigenvalue weighted by Crippen LogP contribution is -2.28. The molecule has 1 amide bonds. The SMILES string of the molecule is CCOc1cc2oc(C)c(C)c2cc1/C(C)=C/C(=O)N(CC)CC. The summed E-state index contributed by atoms with van der Waals surface area (Å²) in [5, 5.41) is 1.06. The minimum atomic E-state index is 0.0279. The number of hydrogen-bond donors (Lipinski definition) is 0. The third-order valence-corrected chi connectivity index (χ3v) is 4.42. The fourth-order valence-corrected chi connectivity index (χ4v) is 2.84. The minimum Gasteiger partial charge on any atom is -0.493 e. The van der Waals surface area contributed by atoms with Crippen LogP contribution in [0.5, 0.6) is 5.75 Å². The van der Waals surface area contributed by atoms with Gasteiger partial charge in [-0.15, -0.1) is 0 Å². The normalized spacial score (nSPS) is 11.8. The molecule has 1 aromatic heterocycles. The van der Waals surface area contributed by atoms with E-state index >= 15 is 0 Å². The van der Waals surface area contributed by atoms with E-state index in [0.29, 0.717) is 19.7 Å². The monoisotopic (exact) mass is 329 g/mol. The van der Waals surface area contributed by atoms with Crippen molar-refractivity contribution in [1.29, 1.82) is 0 Å². The molecule has 0 unspecified atom stereocenters. The average Bonchev–Trinajstić information content (AvgIpc) is 2.82. The number of furan rings is 1. The van der Waals surface area contributed by atoms with Crippen molar-refractivity contribution in [2.24, 2.45) is 0 Å². The predicted octanol–water partition coefficient (Wildman–Crippen LogP) is 4.72. The molecule has 0 bridgehead atoms. The van der Waals surface area contributed by atoms with Gasteiger partial charge in [0.25, 0.3) is 0 Å². The van der Waals surface area contributed by atoms with Gasteiger partial charge in [-0.3, -0.25) is 4.79 Å². The van der Waals surface area contributed by atoms with Gasteiger partial charge in [-0.2, -0.15) is 0 Å². The Hall–Kier alpha value is -2.23. The highest BCUT2D eigenvalue weighted by molar-refractivity contribution is 5.97. The number of amides is 1. The summed E-state index contributed by atoms with van der Waals surface area (Å²) < 4.78 is 11.6. The second kappa shape index (κ2) is 7.56. The molecule has 2 aromatic rings. The number of benzene rings is 1. The van der Waals surface area contributed by atoms with Crippen LogP contribution in [-0.2, 0) is 4.79 Å². The van der Waals surface area contributed by atoms with E-state index in [1.807, 2.05) is 47.6 Å². The van der Waals surface area contributed by atoms with Crippen molar-refractivity contribution in [3.05, 3.63) is 35.1 Å². The highest BCUT2D eigenvalue weighted by Gasteiger charge is 2.15. The van der Waals surface area contributed by atoms with Crippen molar-refractivity contribution < 1.29 is 13.9 Å². The molecule has 0 saturated carbocycles. The van der Waals surface area contributed by atoms with Crippen LogP contribution in [0.3, 0.4) is 0 Å². The van der Waals surface area contributed by atoms with Gasteiger partial charge in [0.05, 0.1) is 6.61 Å². The molecule has 1 heterocycles. The molecule has 0 radical (unpaired) electrons. The van der Waals surface area contributed by atoms with Crippen LogP contribution in [0.2, 0.25) is 0 Å². The Kier molecular flexibility index (Phi) is 5.71. The number of rotatable bonds is 6. The number of hydrogen-bond acceptors (Lipinski definition) is 3. The van der Waals surface area contributed by atoms with Crippen LogP contribution in [0.4, 0.5) is 0 Å². The lowest BCUT2D eigenvalue weighted by Gasteiger charge is -2.17. The van der Waals surface area contributed by atoms with Crippen LogP contribution < -0.4 is 4.74 Å². The summed E-state index contributed by atoms with van der Waals surface area (Å²) in [5.74, 6) is 1.69. The fourth-order valence-electron chi connectivity index (χ4n) is 2.84. The zero-order valence-electron chi connectivity index (χ0n) is 15.5. The van der Waals surface area contributed by atoms with E-state index < -0.39 is 0 Å². The number of ether oxygens (including phenoxy) is 1. The van der Waals surface area contributed by atoms with Crippen LogP contribution >= 0.6 is 0 Å². The zero-order valence-corrected chi connectivity index (χ0v) is 15.5. The molecule has 4 heteroatoms. The van der Waals surface area contributed by atoms with Crippen LogP contribution in [0.15, 0.2) is 22.6 Å². The summed E-state index contributed by atoms with van der Waals surface area (Å²) in [6.45, 7) is 13.9. The summed E-state index contributed by atoms with van der Waals surface area (Å²) in [6.07, 6.45) is 1.69. The van der Waals surface area contributed by atoms with Crippen molar-refractivity contribution in [3.63, 3.8) is 0 Å². The predicted molar refractivity (Wildman–Crippen MR) is 98.4 cm³/mol. The average molecular weight is 329 g/mol. The molecule has 0 aliphatic carbocycles. The molecule has 2 rings (SSSR count). The van der Waals surface area contributed by atoms with E-state index in [2.05, 4.69) is 6.07 Å². The first kappa shape index (κ1) is 18.1. The molecule has 0 spiro atoms. The molecule has 0 atom stereocenters. The quantitative estimate of drug-likeness (QED) is 0.720. The van der Waals surface area contributed by atoms with Gasteiger partial charge in [0, 0.05) is 36.2 Å². The summed E-state index contributed by atoms with van der Waals surface area (Å²) in [7, 11) is 0. The number of aryl methyl sites for hydroxylation is 2. The van der Waals surface area contributed by atoms with Crippen molar-refractivity contribution in [2.75, 3.05) is 19.7 Å². The van der Waals surface area contributed by atoms with Crippen molar-refractivity contribution in [1.82, 2.24) is 4.90 Å². The van der Waals surface area contributed by atoms with Crippen molar-refractivity contribution >= 4 is 22.4 Å². The second-order valence-corrected chi connectivity index (χ2v) is 5.90. The first-order valence-electron chi connectivity index (χ1n) is 8.56. The Labute approximate surface area is 144 Å². The third-order valence-electron chi connectivity index (χ3n) is 4.42. The van der Waals surface area contributed by atoms with Gasteiger partial charge < -0.3 is 14.1 Å². The van der Waals surface area contributed by atoms with Crippen molar-refractivity contribution in [3.8, 4) is 5.75 Å². The lowest BCUT2D eigenvalue weighted by atomic mass is 10.0. The summed E-state index contributed by atoms with van der Waals surface area (Å²) >= 11 is 0. The largest absolute Gasteiger partial charge is 0.493 e. The zero-order chi connectivity index (χ0) is 17.9. The van der Waals surface area contributed by atoms with Gasteiger partial charge in [0.2, 0.25) is 5.91 Å². The Balaban J connectivity index is 2.53. The first-order chi connectivity index (χ1) is 11.4. The summed E-state index contributed by atoms with van der Waals surface area (Å²) in [5.41, 5.74) is 3.78. The van der Waals surface area contributed by atoms with E-state index in [0.717, 1.165) is 39.2 Å². The molecule has 0 aliphatic heterocycles. The molecule has 0 N–H and O–H groups in total. The fraction of sp³-hybridized carbons (Fsp3) is 0.450. The van der Waals surface area contributed by atoms with Gasteiger partial charge in [-0.1, -0.05) is 0 Å². The van der Waals surface area contributed by atoms with Gasteiger partial charge in [0.1, 0.15) is 17.1 Å². The van der Waals surface area contributed by atoms with Crippen LogP contribution in [0.1, 0.15) is 44.6 Å². The van der Waals surface area contributed by atoms with Gasteiger partial charge in [-0.25, -0.2) is 0 Å². The summed E-state index contributed by atoms with van der Waals surface area (Å²) in [4.78, 5) is 14.2. The van der Waals surface area contributed by atoms with E-state index in [-0.39, 0.29) is 5.91 Å². The molecule has 0 saturated heterocycles. The molecule has 0 aliphatic rings. The van der Waals surface area contributed by atoms with Crippen LogP contribution in [-0.4, -0.2) is 30.5 Å². The number of carbonyl (C=O) groups excluding carboxylic acids is 1. The number of fused-ring (bicyclic) bond motifs is 1. The maximum Gasteiger partial charge on any atom is 0.246 e. The van der Waals surface area contributed by atoms with E-state index in [9.17, 15) is 4.79 Å². The van der Waals surface area contributed by atoms with Crippen LogP contribution in [0.25, 0.3) is 16.5 Å². The standard InChI is InChI=1S/C20H27NO3/c1-7-21(8-2)20(22)10-13(4)16-11-17-14(5)15(6)24-19(17)12-18(16)23-9-3/h10-12H,7-9H2,1-6H3/b13-10+. The highest BCUT2D eigenvalue weighted by atomic mass is 16.5. The number of carbonyl (C=O) groups is 1. The number of likely N-dealkylation sites (N-methyl/N-ethyl adjacent to an activating group) is 1. The Morgan fingerprint density at radius 2 is 1.88 bits per heavy atom. The molecule has 4 nitrogen and oxygen atoms in total. The van der Waals surface area contributed by atoms with Gasteiger partial charge in [0.15, 0.2) is 0 Å². The third kappa shape index (κ3) is 3.48. The maximum atomic E-state index is 12.4. The smallest absolute Gasteiger partial charge is 0.246 e. The molecule has 0 fully saturated rings. The van der Waals surface area contributed by atoms with E-state index in [1.54, 1.807) is 11.0 Å². The number of nitrogens with zero attached hydrogens (tertiary/aromatic N) is 1. The lowest BCUT2D eigenvalue weighted by molar-refractivity contribution is -0.125. The first-order valence-corrected chi connectivity index (χ1v) is 8.56. The Bertz CT molecular complexity index is 767. The second-order valence-electron chi connectivity index (χ2n) is 5.90. The molecular weight excluding hydrogens is 302 g/mol. The summed E-state index contributed by atoms with van der Waals surface area (Å²) in [6, 6.07) is 3.99. The molecular formula is C20H27NO3. The maximum absolute atomic E-state index is 12.4. The molecule has 130 valence electrons. The van der Waals surface area contributed by atoms with Gasteiger partial charge in [-0.05, 0) is 58.7 Å². The molecule has 24 heavy (non-hydrogen) atoms.